The molecule has 1 atom stereocenters. The maximum absolute atomic E-state index is 12.2. The highest BCUT2D eigenvalue weighted by Crippen LogP contribution is 2.33. The second-order valence-electron chi connectivity index (χ2n) is 5.11. The maximum atomic E-state index is 12.2. The van der Waals surface area contributed by atoms with Gasteiger partial charge in [-0.1, -0.05) is 24.4 Å². The van der Waals surface area contributed by atoms with Crippen LogP contribution in [0.1, 0.15) is 31.7 Å². The summed E-state index contributed by atoms with van der Waals surface area (Å²) in [5.74, 6) is 0.663. The van der Waals surface area contributed by atoms with Crippen LogP contribution >= 0.6 is 11.6 Å². The molecule has 1 fully saturated rings. The van der Waals surface area contributed by atoms with E-state index < -0.39 is 10.0 Å². The normalized spacial score (nSPS) is 17.4. The van der Waals surface area contributed by atoms with Crippen LogP contribution in [0.5, 0.6) is 0 Å². The molecule has 0 aromatic heterocycles. The molecule has 1 unspecified atom stereocenters. The number of nitrogens with one attached hydrogen (secondary N) is 1. The van der Waals surface area contributed by atoms with E-state index in [1.807, 2.05) is 6.92 Å². The second-order valence-corrected chi connectivity index (χ2v) is 7.23. The lowest BCUT2D eigenvalue weighted by atomic mass is 10.2. The fraction of sp³-hybridized carbons (Fsp3) is 0.538. The van der Waals surface area contributed by atoms with Crippen LogP contribution in [0.3, 0.4) is 0 Å². The predicted octanol–water partition coefficient (Wildman–Crippen LogP) is 2.30. The molecule has 2 N–H and O–H groups in total. The Kier molecular flexibility index (Phi) is 4.50. The minimum absolute atomic E-state index is 0.0780. The van der Waals surface area contributed by atoms with E-state index in [1.54, 1.807) is 0 Å². The summed E-state index contributed by atoms with van der Waals surface area (Å²) in [4.78, 5) is 0.142. The molecule has 1 aromatic carbocycles. The van der Waals surface area contributed by atoms with Gasteiger partial charge in [-0.15, -0.1) is 0 Å². The Hall–Kier alpha value is -0.620. The minimum atomic E-state index is -3.55. The molecule has 1 aromatic rings. The molecule has 2 rings (SSSR count). The molecule has 0 radical (unpaired) electrons. The predicted molar refractivity (Wildman–Crippen MR) is 74.5 cm³/mol. The van der Waals surface area contributed by atoms with Gasteiger partial charge in [-0.25, -0.2) is 13.1 Å². The third-order valence-corrected chi connectivity index (χ3v) is 5.19. The van der Waals surface area contributed by atoms with Gasteiger partial charge in [0, 0.05) is 11.1 Å². The van der Waals surface area contributed by atoms with Gasteiger partial charge in [0.25, 0.3) is 0 Å². The maximum Gasteiger partial charge on any atom is 0.240 e. The van der Waals surface area contributed by atoms with E-state index in [0.29, 0.717) is 16.5 Å². The molecular formula is C13H18ClNO3S. The first-order valence-electron chi connectivity index (χ1n) is 6.34. The number of rotatable bonds is 6. The third-order valence-electron chi connectivity index (χ3n) is 3.24. The highest BCUT2D eigenvalue weighted by atomic mass is 35.5. The van der Waals surface area contributed by atoms with Gasteiger partial charge in [-0.3, -0.25) is 0 Å². The summed E-state index contributed by atoms with van der Waals surface area (Å²) in [6, 6.07) is 4.28. The van der Waals surface area contributed by atoms with Crippen molar-refractivity contribution in [2.24, 2.45) is 5.92 Å². The van der Waals surface area contributed by atoms with Gasteiger partial charge in [0.05, 0.1) is 11.5 Å². The first-order valence-corrected chi connectivity index (χ1v) is 8.20. The van der Waals surface area contributed by atoms with Crippen LogP contribution in [0.2, 0.25) is 5.02 Å². The third kappa shape index (κ3) is 3.92. The SMILES string of the molecule is CC(CC1CC1)NS(=O)(=O)c1ccc(Cl)c(CO)c1. The van der Waals surface area contributed by atoms with Crippen molar-refractivity contribution in [2.75, 3.05) is 0 Å². The van der Waals surface area contributed by atoms with Crippen molar-refractivity contribution >= 4 is 21.6 Å². The molecule has 106 valence electrons. The van der Waals surface area contributed by atoms with Crippen molar-refractivity contribution in [2.45, 2.75) is 43.7 Å². The molecular weight excluding hydrogens is 286 g/mol. The van der Waals surface area contributed by atoms with Gasteiger partial charge in [-0.05, 0) is 43.0 Å². The van der Waals surface area contributed by atoms with Crippen LogP contribution in [-0.2, 0) is 16.6 Å². The van der Waals surface area contributed by atoms with Crippen LogP contribution in [0.4, 0.5) is 0 Å². The van der Waals surface area contributed by atoms with Crippen LogP contribution < -0.4 is 4.72 Å². The Balaban J connectivity index is 2.13. The van der Waals surface area contributed by atoms with Gasteiger partial charge in [0.15, 0.2) is 0 Å². The number of aliphatic hydroxyl groups is 1. The van der Waals surface area contributed by atoms with Gasteiger partial charge in [-0.2, -0.15) is 0 Å². The summed E-state index contributed by atoms with van der Waals surface area (Å²) in [5, 5.41) is 9.49. The fourth-order valence-electron chi connectivity index (χ4n) is 2.07. The van der Waals surface area contributed by atoms with Crippen LogP contribution in [0.15, 0.2) is 23.1 Å². The summed E-state index contributed by atoms with van der Waals surface area (Å²) in [6.45, 7) is 1.60. The quantitative estimate of drug-likeness (QED) is 0.847. The average molecular weight is 304 g/mol. The molecule has 6 heteroatoms. The van der Waals surface area contributed by atoms with E-state index in [9.17, 15) is 8.42 Å². The zero-order valence-corrected chi connectivity index (χ0v) is 12.3. The Bertz CT molecular complexity index is 555. The van der Waals surface area contributed by atoms with Crippen molar-refractivity contribution < 1.29 is 13.5 Å². The summed E-state index contributed by atoms with van der Waals surface area (Å²) >= 11 is 5.85. The van der Waals surface area contributed by atoms with Gasteiger partial charge >= 0.3 is 0 Å². The van der Waals surface area contributed by atoms with Crippen molar-refractivity contribution in [3.8, 4) is 0 Å². The molecule has 1 saturated carbocycles. The van der Waals surface area contributed by atoms with E-state index in [1.165, 1.54) is 31.0 Å². The summed E-state index contributed by atoms with van der Waals surface area (Å²) in [5.41, 5.74) is 0.416. The number of benzene rings is 1. The summed E-state index contributed by atoms with van der Waals surface area (Å²) in [6.07, 6.45) is 3.27. The van der Waals surface area contributed by atoms with Crippen LogP contribution in [0.25, 0.3) is 0 Å². The molecule has 1 aliphatic carbocycles. The summed E-state index contributed by atoms with van der Waals surface area (Å²) < 4.78 is 27.0. The highest BCUT2D eigenvalue weighted by Gasteiger charge is 2.26. The van der Waals surface area contributed by atoms with Crippen molar-refractivity contribution in [3.63, 3.8) is 0 Å². The van der Waals surface area contributed by atoms with E-state index in [0.717, 1.165) is 6.42 Å². The Morgan fingerprint density at radius 1 is 1.47 bits per heavy atom. The highest BCUT2D eigenvalue weighted by molar-refractivity contribution is 7.89. The lowest BCUT2D eigenvalue weighted by Crippen LogP contribution is -2.33. The molecule has 1 aliphatic rings. The molecule has 0 amide bonds. The summed E-state index contributed by atoms with van der Waals surface area (Å²) in [7, 11) is -3.55. The smallest absolute Gasteiger partial charge is 0.240 e. The standard InChI is InChI=1S/C13H18ClNO3S/c1-9(6-10-2-3-10)15-19(17,18)12-4-5-13(14)11(7-12)8-16/h4-5,7,9-10,15-16H,2-3,6,8H2,1H3. The zero-order valence-electron chi connectivity index (χ0n) is 10.8. The molecule has 0 heterocycles. The number of hydrogen-bond acceptors (Lipinski definition) is 3. The lowest BCUT2D eigenvalue weighted by molar-refractivity contribution is 0.281. The van der Waals surface area contributed by atoms with Crippen molar-refractivity contribution in [1.29, 1.82) is 0 Å². The Labute approximate surface area is 118 Å². The molecule has 19 heavy (non-hydrogen) atoms. The molecule has 0 saturated heterocycles. The number of hydrogen-bond donors (Lipinski definition) is 2. The topological polar surface area (TPSA) is 66.4 Å². The zero-order chi connectivity index (χ0) is 14.0. The van der Waals surface area contributed by atoms with Gasteiger partial charge in [0.1, 0.15) is 0 Å². The first kappa shape index (κ1) is 14.8. The average Bonchev–Trinajstić information content (AvgIpc) is 3.12. The van der Waals surface area contributed by atoms with Crippen molar-refractivity contribution in [1.82, 2.24) is 4.72 Å². The van der Waals surface area contributed by atoms with Crippen LogP contribution in [-0.4, -0.2) is 19.6 Å². The molecule has 0 spiro atoms. The van der Waals surface area contributed by atoms with E-state index >= 15 is 0 Å². The Morgan fingerprint density at radius 2 is 2.16 bits per heavy atom. The molecule has 4 nitrogen and oxygen atoms in total. The van der Waals surface area contributed by atoms with E-state index in [-0.39, 0.29) is 17.5 Å². The number of halogens is 1. The second kappa shape index (κ2) is 5.79. The largest absolute Gasteiger partial charge is 0.392 e. The minimum Gasteiger partial charge on any atom is -0.392 e. The van der Waals surface area contributed by atoms with Gasteiger partial charge in [0.2, 0.25) is 10.0 Å². The van der Waals surface area contributed by atoms with Crippen LogP contribution in [0, 0.1) is 5.92 Å². The molecule has 0 aliphatic heterocycles. The fourth-order valence-corrected chi connectivity index (χ4v) is 3.56. The lowest BCUT2D eigenvalue weighted by Gasteiger charge is -2.14. The van der Waals surface area contributed by atoms with E-state index in [4.69, 9.17) is 16.7 Å². The monoisotopic (exact) mass is 303 g/mol. The van der Waals surface area contributed by atoms with Gasteiger partial charge < -0.3 is 5.11 Å². The molecule has 0 bridgehead atoms. The first-order chi connectivity index (χ1) is 8.92. The number of aliphatic hydroxyl groups excluding tert-OH is 1. The van der Waals surface area contributed by atoms with E-state index in [2.05, 4.69) is 4.72 Å². The Morgan fingerprint density at radius 3 is 2.74 bits per heavy atom. The van der Waals surface area contributed by atoms with Crippen molar-refractivity contribution in [3.05, 3.63) is 28.8 Å². The number of sulfonamides is 1.